The lowest BCUT2D eigenvalue weighted by molar-refractivity contribution is 0.0564. The molecule has 31 heavy (non-hydrogen) atoms. The molecule has 4 aromatic rings. The summed E-state index contributed by atoms with van der Waals surface area (Å²) in [6.07, 6.45) is 4.98. The normalized spacial score (nSPS) is 16.5. The summed E-state index contributed by atoms with van der Waals surface area (Å²) in [5.74, 6) is 0.878. The number of likely N-dealkylation sites (tertiary alicyclic amines) is 1. The molecule has 1 aliphatic heterocycles. The fraction of sp³-hybridized carbons (Fsp3) is 0.240. The standard InChI is InChI=1S/C25H22FN3O2/c26-19-11-8-17(9-12-19)15-20-16-27-24(31-20)23-7-3-4-14-29(23)25(30)22-13-10-18-5-1-2-6-21(18)28-22/h1-2,5-6,8-13,16,23H,3-4,7,14-15H2/t23-/m1/s1. The molecule has 1 fully saturated rings. The monoisotopic (exact) mass is 415 g/mol. The van der Waals surface area contributed by atoms with Gasteiger partial charge in [0.1, 0.15) is 23.3 Å². The van der Waals surface area contributed by atoms with Crippen LogP contribution >= 0.6 is 0 Å². The predicted octanol–water partition coefficient (Wildman–Crippen LogP) is 5.32. The quantitative estimate of drug-likeness (QED) is 0.453. The van der Waals surface area contributed by atoms with Crippen LogP contribution in [0.15, 0.2) is 71.3 Å². The number of rotatable bonds is 4. The van der Waals surface area contributed by atoms with Gasteiger partial charge in [-0.05, 0) is 49.1 Å². The Morgan fingerprint density at radius 3 is 2.77 bits per heavy atom. The molecular weight excluding hydrogens is 393 g/mol. The summed E-state index contributed by atoms with van der Waals surface area (Å²) in [6.45, 7) is 0.647. The number of oxazole rings is 1. The Hall–Kier alpha value is -3.54. The molecule has 1 atom stereocenters. The van der Waals surface area contributed by atoms with Gasteiger partial charge in [0.15, 0.2) is 0 Å². The molecule has 156 valence electrons. The zero-order valence-electron chi connectivity index (χ0n) is 17.0. The van der Waals surface area contributed by atoms with Gasteiger partial charge < -0.3 is 9.32 Å². The summed E-state index contributed by atoms with van der Waals surface area (Å²) >= 11 is 0. The minimum atomic E-state index is -0.263. The van der Waals surface area contributed by atoms with E-state index in [2.05, 4.69) is 9.97 Å². The molecule has 5 rings (SSSR count). The Labute approximate surface area is 179 Å². The van der Waals surface area contributed by atoms with Crippen LogP contribution in [0, 0.1) is 5.82 Å². The second-order valence-electron chi connectivity index (χ2n) is 7.87. The molecule has 0 radical (unpaired) electrons. The van der Waals surface area contributed by atoms with E-state index in [9.17, 15) is 9.18 Å². The summed E-state index contributed by atoms with van der Waals surface area (Å²) in [4.78, 5) is 24.2. The van der Waals surface area contributed by atoms with E-state index in [0.29, 0.717) is 30.3 Å². The summed E-state index contributed by atoms with van der Waals surface area (Å²) in [5, 5.41) is 1.01. The highest BCUT2D eigenvalue weighted by Crippen LogP contribution is 2.32. The van der Waals surface area contributed by atoms with Crippen LogP contribution < -0.4 is 0 Å². The third-order valence-corrected chi connectivity index (χ3v) is 5.73. The largest absolute Gasteiger partial charge is 0.443 e. The van der Waals surface area contributed by atoms with Crippen molar-refractivity contribution in [3.8, 4) is 0 Å². The van der Waals surface area contributed by atoms with Crippen LogP contribution in [0.1, 0.15) is 53.0 Å². The first-order chi connectivity index (χ1) is 15.2. The average Bonchev–Trinajstić information content (AvgIpc) is 3.28. The van der Waals surface area contributed by atoms with Gasteiger partial charge in [-0.2, -0.15) is 0 Å². The molecule has 2 aromatic carbocycles. The van der Waals surface area contributed by atoms with Gasteiger partial charge in [-0.1, -0.05) is 36.4 Å². The number of amides is 1. The molecule has 6 heteroatoms. The minimum absolute atomic E-state index is 0.103. The molecule has 0 unspecified atom stereocenters. The Kier molecular flexibility index (Phi) is 5.20. The number of halogens is 1. The Morgan fingerprint density at radius 1 is 1.06 bits per heavy atom. The van der Waals surface area contributed by atoms with Crippen LogP contribution in [0.3, 0.4) is 0 Å². The third kappa shape index (κ3) is 4.06. The van der Waals surface area contributed by atoms with E-state index in [4.69, 9.17) is 4.42 Å². The number of carbonyl (C=O) groups excluding carboxylic acids is 1. The van der Waals surface area contributed by atoms with Crippen LogP contribution in [-0.4, -0.2) is 27.3 Å². The van der Waals surface area contributed by atoms with Crippen molar-refractivity contribution in [3.63, 3.8) is 0 Å². The first-order valence-corrected chi connectivity index (χ1v) is 10.5. The lowest BCUT2D eigenvalue weighted by Gasteiger charge is -2.33. The number of para-hydroxylation sites is 1. The second kappa shape index (κ2) is 8.30. The number of nitrogens with zero attached hydrogens (tertiary/aromatic N) is 3. The van der Waals surface area contributed by atoms with Crippen molar-refractivity contribution in [2.24, 2.45) is 0 Å². The number of hydrogen-bond donors (Lipinski definition) is 0. The molecule has 5 nitrogen and oxygen atoms in total. The first kappa shape index (κ1) is 19.4. The number of carbonyl (C=O) groups is 1. The molecule has 0 spiro atoms. The molecule has 1 aliphatic rings. The fourth-order valence-corrected chi connectivity index (χ4v) is 4.13. The van der Waals surface area contributed by atoms with E-state index in [1.807, 2.05) is 35.2 Å². The summed E-state index contributed by atoms with van der Waals surface area (Å²) in [5.41, 5.74) is 2.18. The SMILES string of the molecule is O=C(c1ccc2ccccc2n1)N1CCCC[C@@H]1c1ncc(Cc2ccc(F)cc2)o1. The number of aromatic nitrogens is 2. The lowest BCUT2D eigenvalue weighted by Crippen LogP contribution is -2.39. The van der Waals surface area contributed by atoms with Crippen LogP contribution in [-0.2, 0) is 6.42 Å². The van der Waals surface area contributed by atoms with Gasteiger partial charge in [-0.25, -0.2) is 14.4 Å². The van der Waals surface area contributed by atoms with Gasteiger partial charge in [-0.3, -0.25) is 4.79 Å². The zero-order chi connectivity index (χ0) is 21.2. The Morgan fingerprint density at radius 2 is 1.90 bits per heavy atom. The van der Waals surface area contributed by atoms with E-state index >= 15 is 0 Å². The van der Waals surface area contributed by atoms with E-state index < -0.39 is 0 Å². The smallest absolute Gasteiger partial charge is 0.273 e. The number of fused-ring (bicyclic) bond motifs is 1. The van der Waals surface area contributed by atoms with Gasteiger partial charge in [0.05, 0.1) is 11.7 Å². The van der Waals surface area contributed by atoms with Crippen molar-refractivity contribution in [2.45, 2.75) is 31.7 Å². The summed E-state index contributed by atoms with van der Waals surface area (Å²) in [6, 6.07) is 17.6. The fourth-order valence-electron chi connectivity index (χ4n) is 4.13. The molecule has 1 amide bonds. The maximum Gasteiger partial charge on any atom is 0.273 e. The molecule has 0 aliphatic carbocycles. The zero-order valence-corrected chi connectivity index (χ0v) is 17.0. The lowest BCUT2D eigenvalue weighted by atomic mass is 10.0. The van der Waals surface area contributed by atoms with Crippen molar-refractivity contribution < 1.29 is 13.6 Å². The number of piperidine rings is 1. The highest BCUT2D eigenvalue weighted by Gasteiger charge is 2.32. The number of pyridine rings is 1. The average molecular weight is 415 g/mol. The van der Waals surface area contributed by atoms with Crippen molar-refractivity contribution >= 4 is 16.8 Å². The second-order valence-corrected chi connectivity index (χ2v) is 7.87. The van der Waals surface area contributed by atoms with Crippen LogP contribution in [0.25, 0.3) is 10.9 Å². The molecule has 0 N–H and O–H groups in total. The predicted molar refractivity (Wildman–Crippen MR) is 115 cm³/mol. The Bertz CT molecular complexity index is 1220. The molecule has 2 aromatic heterocycles. The van der Waals surface area contributed by atoms with Gasteiger partial charge in [0.25, 0.3) is 5.91 Å². The minimum Gasteiger partial charge on any atom is -0.443 e. The highest BCUT2D eigenvalue weighted by molar-refractivity contribution is 5.95. The van der Waals surface area contributed by atoms with Crippen molar-refractivity contribution in [1.82, 2.24) is 14.9 Å². The van der Waals surface area contributed by atoms with Gasteiger partial charge in [0, 0.05) is 18.4 Å². The van der Waals surface area contributed by atoms with Crippen LogP contribution in [0.2, 0.25) is 0 Å². The van der Waals surface area contributed by atoms with Crippen LogP contribution in [0.5, 0.6) is 0 Å². The molecule has 3 heterocycles. The summed E-state index contributed by atoms with van der Waals surface area (Å²) in [7, 11) is 0. The molecule has 0 bridgehead atoms. The maximum atomic E-state index is 13.3. The van der Waals surface area contributed by atoms with E-state index in [0.717, 1.165) is 35.7 Å². The maximum absolute atomic E-state index is 13.3. The number of benzene rings is 2. The molecular formula is C25H22FN3O2. The number of hydrogen-bond acceptors (Lipinski definition) is 4. The van der Waals surface area contributed by atoms with Crippen molar-refractivity contribution in [3.05, 3.63) is 95.6 Å². The first-order valence-electron chi connectivity index (χ1n) is 10.5. The van der Waals surface area contributed by atoms with Gasteiger partial charge >= 0.3 is 0 Å². The van der Waals surface area contributed by atoms with E-state index in [-0.39, 0.29) is 17.8 Å². The Balaban J connectivity index is 1.38. The molecule has 0 saturated carbocycles. The van der Waals surface area contributed by atoms with Crippen molar-refractivity contribution in [1.29, 1.82) is 0 Å². The molecule has 1 saturated heterocycles. The van der Waals surface area contributed by atoms with Gasteiger partial charge in [-0.15, -0.1) is 0 Å². The highest BCUT2D eigenvalue weighted by atomic mass is 19.1. The van der Waals surface area contributed by atoms with Gasteiger partial charge in [0.2, 0.25) is 5.89 Å². The van der Waals surface area contributed by atoms with Crippen LogP contribution in [0.4, 0.5) is 4.39 Å². The van der Waals surface area contributed by atoms with E-state index in [1.54, 1.807) is 24.4 Å². The summed E-state index contributed by atoms with van der Waals surface area (Å²) < 4.78 is 19.2. The topological polar surface area (TPSA) is 59.2 Å². The van der Waals surface area contributed by atoms with E-state index in [1.165, 1.54) is 12.1 Å². The van der Waals surface area contributed by atoms with Crippen molar-refractivity contribution in [2.75, 3.05) is 6.54 Å². The third-order valence-electron chi connectivity index (χ3n) is 5.73.